The van der Waals surface area contributed by atoms with Crippen LogP contribution in [0.5, 0.6) is 0 Å². The molecule has 5 atom stereocenters. The van der Waals surface area contributed by atoms with Gasteiger partial charge in [-0.15, -0.1) is 0 Å². The monoisotopic (exact) mass is 178 g/mol. The van der Waals surface area contributed by atoms with Crippen molar-refractivity contribution in [2.24, 2.45) is 23.2 Å². The largest absolute Gasteiger partial charge is 0.392 e. The first kappa shape index (κ1) is 8.05. The summed E-state index contributed by atoms with van der Waals surface area (Å²) in [5.74, 6) is 1.84. The van der Waals surface area contributed by atoms with Gasteiger partial charge in [0.1, 0.15) is 0 Å². The van der Waals surface area contributed by atoms with Crippen LogP contribution >= 0.6 is 0 Å². The molecular formula is C12H18O. The van der Waals surface area contributed by atoms with Crippen LogP contribution in [0.4, 0.5) is 0 Å². The van der Waals surface area contributed by atoms with E-state index in [2.05, 4.69) is 19.1 Å². The summed E-state index contributed by atoms with van der Waals surface area (Å²) in [5, 5.41) is 10.2. The molecule has 0 amide bonds. The van der Waals surface area contributed by atoms with E-state index in [1.165, 1.54) is 25.7 Å². The Bertz CT molecular complexity index is 258. The zero-order valence-corrected chi connectivity index (χ0v) is 8.24. The maximum atomic E-state index is 10.2. The van der Waals surface area contributed by atoms with Crippen molar-refractivity contribution in [3.05, 3.63) is 12.2 Å². The Morgan fingerprint density at radius 1 is 1.38 bits per heavy atom. The molecule has 3 aliphatic carbocycles. The second-order valence-electron chi connectivity index (χ2n) is 5.42. The van der Waals surface area contributed by atoms with Gasteiger partial charge in [0.2, 0.25) is 0 Å². The Hall–Kier alpha value is -0.300. The van der Waals surface area contributed by atoms with Crippen molar-refractivity contribution in [1.29, 1.82) is 0 Å². The molecule has 1 N–H and O–H groups in total. The van der Waals surface area contributed by atoms with Gasteiger partial charge in [0, 0.05) is 0 Å². The molecule has 1 heteroatoms. The normalized spacial score (nSPS) is 58.3. The van der Waals surface area contributed by atoms with E-state index in [9.17, 15) is 5.11 Å². The molecule has 4 bridgehead atoms. The van der Waals surface area contributed by atoms with Crippen LogP contribution in [0.2, 0.25) is 0 Å². The second kappa shape index (κ2) is 2.38. The number of hydrogen-bond donors (Lipinski definition) is 1. The van der Waals surface area contributed by atoms with E-state index in [0.717, 1.165) is 0 Å². The molecule has 0 aromatic rings. The average molecular weight is 178 g/mol. The maximum Gasteiger partial charge on any atom is 0.0610 e. The lowest BCUT2D eigenvalue weighted by molar-refractivity contribution is -0.0759. The third-order valence-electron chi connectivity index (χ3n) is 4.70. The number of aliphatic hydroxyl groups is 1. The first-order valence-electron chi connectivity index (χ1n) is 5.58. The molecule has 72 valence electrons. The molecule has 0 radical (unpaired) electrons. The fraction of sp³-hybridized carbons (Fsp3) is 0.833. The van der Waals surface area contributed by atoms with Gasteiger partial charge in [-0.1, -0.05) is 25.5 Å². The summed E-state index contributed by atoms with van der Waals surface area (Å²) >= 11 is 0. The Kier molecular flexibility index (Phi) is 1.48. The molecule has 2 fully saturated rings. The zero-order valence-electron chi connectivity index (χ0n) is 8.24. The Labute approximate surface area is 79.8 Å². The third-order valence-corrected chi connectivity index (χ3v) is 4.70. The molecule has 0 aromatic carbocycles. The SMILES string of the molecule is C[C@@]12C=C[C@@H](C1)[C@H]1CCC[C@@H]2[C@H]1O. The first-order valence-corrected chi connectivity index (χ1v) is 5.58. The van der Waals surface area contributed by atoms with Crippen LogP contribution in [0, 0.1) is 23.2 Å². The van der Waals surface area contributed by atoms with Gasteiger partial charge in [0.05, 0.1) is 6.10 Å². The summed E-state index contributed by atoms with van der Waals surface area (Å²) in [5.41, 5.74) is 0.334. The van der Waals surface area contributed by atoms with Crippen molar-refractivity contribution in [2.75, 3.05) is 0 Å². The quantitative estimate of drug-likeness (QED) is 0.565. The molecule has 0 saturated heterocycles. The van der Waals surface area contributed by atoms with Gasteiger partial charge >= 0.3 is 0 Å². The van der Waals surface area contributed by atoms with Crippen molar-refractivity contribution in [3.8, 4) is 0 Å². The molecule has 2 saturated carbocycles. The fourth-order valence-electron chi connectivity index (χ4n) is 3.96. The predicted octanol–water partition coefficient (Wildman–Crippen LogP) is 2.36. The third kappa shape index (κ3) is 0.914. The van der Waals surface area contributed by atoms with Gasteiger partial charge in [-0.3, -0.25) is 0 Å². The molecule has 3 rings (SSSR count). The number of aliphatic hydroxyl groups excluding tert-OH is 1. The van der Waals surface area contributed by atoms with Crippen LogP contribution in [-0.4, -0.2) is 11.2 Å². The summed E-state index contributed by atoms with van der Waals surface area (Å²) in [4.78, 5) is 0. The van der Waals surface area contributed by atoms with Gasteiger partial charge in [0.25, 0.3) is 0 Å². The van der Waals surface area contributed by atoms with Gasteiger partial charge < -0.3 is 5.11 Å². The molecule has 3 aliphatic rings. The summed E-state index contributed by atoms with van der Waals surface area (Å²) < 4.78 is 0. The van der Waals surface area contributed by atoms with Crippen LogP contribution in [0.3, 0.4) is 0 Å². The topological polar surface area (TPSA) is 20.2 Å². The Balaban J connectivity index is 2.02. The molecule has 0 unspecified atom stereocenters. The van der Waals surface area contributed by atoms with Gasteiger partial charge in [-0.05, 0) is 42.4 Å². The minimum Gasteiger partial charge on any atom is -0.392 e. The van der Waals surface area contributed by atoms with Crippen molar-refractivity contribution < 1.29 is 5.11 Å². The smallest absolute Gasteiger partial charge is 0.0610 e. The van der Waals surface area contributed by atoms with Crippen LogP contribution in [0.15, 0.2) is 12.2 Å². The zero-order chi connectivity index (χ0) is 9.05. The van der Waals surface area contributed by atoms with E-state index < -0.39 is 0 Å². The average Bonchev–Trinajstić information content (AvgIpc) is 2.45. The van der Waals surface area contributed by atoms with Crippen LogP contribution < -0.4 is 0 Å². The van der Waals surface area contributed by atoms with Crippen LogP contribution in [-0.2, 0) is 0 Å². The number of hydrogen-bond acceptors (Lipinski definition) is 1. The number of fused-ring (bicyclic) bond motifs is 6. The highest BCUT2D eigenvalue weighted by Gasteiger charge is 2.52. The van der Waals surface area contributed by atoms with Gasteiger partial charge in [-0.25, -0.2) is 0 Å². The van der Waals surface area contributed by atoms with Crippen molar-refractivity contribution in [2.45, 2.75) is 38.7 Å². The Morgan fingerprint density at radius 3 is 3.08 bits per heavy atom. The summed E-state index contributed by atoms with van der Waals surface area (Å²) in [6.07, 6.45) is 9.89. The lowest BCUT2D eigenvalue weighted by atomic mass is 9.57. The first-order chi connectivity index (χ1) is 6.21. The summed E-state index contributed by atoms with van der Waals surface area (Å²) in [6, 6.07) is 0. The molecule has 1 nitrogen and oxygen atoms in total. The highest BCUT2D eigenvalue weighted by Crippen LogP contribution is 2.57. The molecule has 0 aliphatic heterocycles. The molecule has 13 heavy (non-hydrogen) atoms. The van der Waals surface area contributed by atoms with E-state index in [4.69, 9.17) is 0 Å². The van der Waals surface area contributed by atoms with E-state index in [1.54, 1.807) is 0 Å². The minimum absolute atomic E-state index is 0.00694. The highest BCUT2D eigenvalue weighted by molar-refractivity contribution is 5.19. The minimum atomic E-state index is -0.00694. The fourth-order valence-corrected chi connectivity index (χ4v) is 3.96. The predicted molar refractivity (Wildman–Crippen MR) is 52.2 cm³/mol. The second-order valence-corrected chi connectivity index (χ2v) is 5.42. The van der Waals surface area contributed by atoms with E-state index in [1.807, 2.05) is 0 Å². The summed E-state index contributed by atoms with van der Waals surface area (Å²) in [7, 11) is 0. The summed E-state index contributed by atoms with van der Waals surface area (Å²) in [6.45, 7) is 2.33. The van der Waals surface area contributed by atoms with Crippen molar-refractivity contribution in [3.63, 3.8) is 0 Å². The van der Waals surface area contributed by atoms with E-state index in [0.29, 0.717) is 23.2 Å². The number of allylic oxidation sites excluding steroid dienone is 2. The highest BCUT2D eigenvalue weighted by atomic mass is 16.3. The molecule has 0 spiro atoms. The molecule has 0 aromatic heterocycles. The lowest BCUT2D eigenvalue weighted by Gasteiger charge is -2.49. The molecular weight excluding hydrogens is 160 g/mol. The van der Waals surface area contributed by atoms with Crippen molar-refractivity contribution >= 4 is 0 Å². The van der Waals surface area contributed by atoms with Gasteiger partial charge in [0.15, 0.2) is 0 Å². The molecule has 0 heterocycles. The van der Waals surface area contributed by atoms with Crippen LogP contribution in [0.25, 0.3) is 0 Å². The van der Waals surface area contributed by atoms with E-state index >= 15 is 0 Å². The van der Waals surface area contributed by atoms with Crippen molar-refractivity contribution in [1.82, 2.24) is 0 Å². The Morgan fingerprint density at radius 2 is 2.23 bits per heavy atom. The van der Waals surface area contributed by atoms with Gasteiger partial charge in [-0.2, -0.15) is 0 Å². The van der Waals surface area contributed by atoms with E-state index in [-0.39, 0.29) is 6.10 Å². The van der Waals surface area contributed by atoms with Crippen LogP contribution in [0.1, 0.15) is 32.6 Å². The standard InChI is InChI=1S/C12H18O/c1-12-6-5-8(7-12)9-3-2-4-10(12)11(9)13/h5-6,8-11,13H,2-4,7H2,1H3/t8-,9+,10+,11-,12+/m0/s1. The number of rotatable bonds is 0. The maximum absolute atomic E-state index is 10.2. The lowest BCUT2D eigenvalue weighted by Crippen LogP contribution is -2.48.